The van der Waals surface area contributed by atoms with Gasteiger partial charge in [0.15, 0.2) is 11.6 Å². The molecule has 0 bridgehead atoms. The molecule has 1 fully saturated rings. The van der Waals surface area contributed by atoms with Gasteiger partial charge in [0.1, 0.15) is 0 Å². The summed E-state index contributed by atoms with van der Waals surface area (Å²) in [4.78, 5) is 22.0. The minimum atomic E-state index is -0.214. The molecule has 1 aliphatic heterocycles. The topological polar surface area (TPSA) is 107 Å². The zero-order valence-electron chi connectivity index (χ0n) is 13.5. The van der Waals surface area contributed by atoms with Crippen LogP contribution in [-0.4, -0.2) is 40.5 Å². The number of anilines is 2. The Labute approximate surface area is 150 Å². The maximum absolute atomic E-state index is 12.1. The van der Waals surface area contributed by atoms with E-state index in [1.807, 2.05) is 12.1 Å². The summed E-state index contributed by atoms with van der Waals surface area (Å²) in [5, 5.41) is 0.479. The molecule has 1 atom stereocenters. The first kappa shape index (κ1) is 17.2. The lowest BCUT2D eigenvalue weighted by Gasteiger charge is -2.35. The molecule has 1 aromatic carbocycles. The lowest BCUT2D eigenvalue weighted by Crippen LogP contribution is -2.42. The smallest absolute Gasteiger partial charge is 0.246 e. The van der Waals surface area contributed by atoms with Gasteiger partial charge < -0.3 is 21.1 Å². The normalized spacial score (nSPS) is 17.3. The van der Waals surface area contributed by atoms with Gasteiger partial charge in [-0.2, -0.15) is 0 Å². The number of rotatable bonds is 3. The van der Waals surface area contributed by atoms with Crippen molar-refractivity contribution in [3.63, 3.8) is 0 Å². The highest BCUT2D eigenvalue weighted by atomic mass is 35.5. The highest BCUT2D eigenvalue weighted by Gasteiger charge is 2.27. The average molecular weight is 360 g/mol. The molecule has 0 spiro atoms. The summed E-state index contributed by atoms with van der Waals surface area (Å²) in [7, 11) is 0. The van der Waals surface area contributed by atoms with Gasteiger partial charge in [0.2, 0.25) is 5.91 Å². The number of hydrogen-bond acceptors (Lipinski definition) is 6. The zero-order valence-corrected chi connectivity index (χ0v) is 14.2. The summed E-state index contributed by atoms with van der Waals surface area (Å²) in [6, 6.07) is 5.29. The Morgan fingerprint density at radius 2 is 2.20 bits per heavy atom. The second kappa shape index (κ2) is 7.08. The molecule has 0 radical (unpaired) electrons. The molecule has 0 unspecified atom stereocenters. The van der Waals surface area contributed by atoms with Crippen molar-refractivity contribution in [2.24, 2.45) is 0 Å². The minimum absolute atomic E-state index is 0.134. The van der Waals surface area contributed by atoms with Gasteiger partial charge in [-0.25, -0.2) is 9.97 Å². The largest absolute Gasteiger partial charge is 0.381 e. The summed E-state index contributed by atoms with van der Waals surface area (Å²) in [6.07, 6.45) is 2.82. The molecule has 0 saturated carbocycles. The fraction of sp³-hybridized carbons (Fsp3) is 0.235. The predicted molar refractivity (Wildman–Crippen MR) is 96.8 cm³/mol. The molecule has 1 aliphatic rings. The van der Waals surface area contributed by atoms with E-state index >= 15 is 0 Å². The number of amides is 1. The van der Waals surface area contributed by atoms with Crippen LogP contribution in [-0.2, 0) is 9.53 Å². The zero-order chi connectivity index (χ0) is 18.0. The Morgan fingerprint density at radius 3 is 2.88 bits per heavy atom. The third-order valence-corrected chi connectivity index (χ3v) is 4.38. The third kappa shape index (κ3) is 3.42. The van der Waals surface area contributed by atoms with Crippen LogP contribution in [0.1, 0.15) is 11.6 Å². The van der Waals surface area contributed by atoms with Crippen molar-refractivity contribution in [1.82, 2.24) is 14.9 Å². The Kier molecular flexibility index (Phi) is 4.87. The number of benzene rings is 1. The van der Waals surface area contributed by atoms with Crippen LogP contribution < -0.4 is 11.5 Å². The number of nitrogen functional groups attached to an aromatic ring is 2. The SMILES string of the molecule is C=CC(=O)N1CCOC[C@H]1c1ccc(-c2cnc(N)c(N)n2)c(Cl)c1. The van der Waals surface area contributed by atoms with E-state index in [0.29, 0.717) is 36.0 Å². The number of hydrogen-bond donors (Lipinski definition) is 2. The molecule has 25 heavy (non-hydrogen) atoms. The summed E-state index contributed by atoms with van der Waals surface area (Å²) >= 11 is 6.43. The van der Waals surface area contributed by atoms with E-state index in [2.05, 4.69) is 16.5 Å². The van der Waals surface area contributed by atoms with Crippen molar-refractivity contribution in [2.75, 3.05) is 31.2 Å². The van der Waals surface area contributed by atoms with E-state index < -0.39 is 0 Å². The number of halogens is 1. The van der Waals surface area contributed by atoms with E-state index in [1.54, 1.807) is 11.0 Å². The molecule has 8 heteroatoms. The van der Waals surface area contributed by atoms with Crippen LogP contribution in [0, 0.1) is 0 Å². The van der Waals surface area contributed by atoms with Crippen molar-refractivity contribution < 1.29 is 9.53 Å². The number of nitrogens with zero attached hydrogens (tertiary/aromatic N) is 3. The van der Waals surface area contributed by atoms with Crippen LogP contribution in [0.3, 0.4) is 0 Å². The first-order chi connectivity index (χ1) is 12.0. The molecular weight excluding hydrogens is 342 g/mol. The molecule has 1 saturated heterocycles. The van der Waals surface area contributed by atoms with E-state index in [1.165, 1.54) is 12.3 Å². The van der Waals surface area contributed by atoms with Gasteiger partial charge in [0.05, 0.1) is 36.2 Å². The second-order valence-corrected chi connectivity index (χ2v) is 6.00. The molecule has 130 valence electrons. The molecule has 2 aromatic rings. The first-order valence-electron chi connectivity index (χ1n) is 7.70. The highest BCUT2D eigenvalue weighted by molar-refractivity contribution is 6.33. The Hall–Kier alpha value is -2.64. The molecule has 7 nitrogen and oxygen atoms in total. The molecule has 2 heterocycles. The quantitative estimate of drug-likeness (QED) is 0.812. The van der Waals surface area contributed by atoms with Crippen LogP contribution in [0.2, 0.25) is 5.02 Å². The van der Waals surface area contributed by atoms with Gasteiger partial charge in [0, 0.05) is 12.1 Å². The van der Waals surface area contributed by atoms with Gasteiger partial charge >= 0.3 is 0 Å². The highest BCUT2D eigenvalue weighted by Crippen LogP contribution is 2.32. The van der Waals surface area contributed by atoms with Gasteiger partial charge in [-0.3, -0.25) is 4.79 Å². The maximum Gasteiger partial charge on any atom is 0.246 e. The van der Waals surface area contributed by atoms with E-state index in [4.69, 9.17) is 27.8 Å². The van der Waals surface area contributed by atoms with Crippen molar-refractivity contribution >= 4 is 29.1 Å². The van der Waals surface area contributed by atoms with Crippen molar-refractivity contribution in [3.05, 3.63) is 47.6 Å². The van der Waals surface area contributed by atoms with Gasteiger partial charge in [0.25, 0.3) is 0 Å². The van der Waals surface area contributed by atoms with Crippen molar-refractivity contribution in [1.29, 1.82) is 0 Å². The maximum atomic E-state index is 12.1. The predicted octanol–water partition coefficient (Wildman–Crippen LogP) is 2.05. The minimum Gasteiger partial charge on any atom is -0.381 e. The average Bonchev–Trinajstić information content (AvgIpc) is 2.63. The summed E-state index contributed by atoms with van der Waals surface area (Å²) in [6.45, 7) is 4.97. The number of ether oxygens (including phenoxy) is 1. The third-order valence-electron chi connectivity index (χ3n) is 4.07. The van der Waals surface area contributed by atoms with Crippen molar-refractivity contribution in [2.45, 2.75) is 6.04 Å². The number of morpholine rings is 1. The first-order valence-corrected chi connectivity index (χ1v) is 8.07. The van der Waals surface area contributed by atoms with Crippen LogP contribution in [0.25, 0.3) is 11.3 Å². The standard InChI is InChI=1S/C17H18ClN5O2/c1-2-15(24)23-5-6-25-9-14(23)10-3-4-11(12(18)7-10)13-8-21-16(19)17(20)22-13/h2-4,7-8,14H,1,5-6,9H2,(H2,19,21)(H2,20,22)/t14-/m0/s1. The van der Waals surface area contributed by atoms with Gasteiger partial charge in [-0.15, -0.1) is 0 Å². The van der Waals surface area contributed by atoms with Crippen molar-refractivity contribution in [3.8, 4) is 11.3 Å². The van der Waals surface area contributed by atoms with Crippen LogP contribution in [0.4, 0.5) is 11.6 Å². The lowest BCUT2D eigenvalue weighted by atomic mass is 10.0. The fourth-order valence-corrected chi connectivity index (χ4v) is 3.04. The second-order valence-electron chi connectivity index (χ2n) is 5.59. The van der Waals surface area contributed by atoms with E-state index in [9.17, 15) is 4.79 Å². The lowest BCUT2D eigenvalue weighted by molar-refractivity contribution is -0.134. The number of nitrogens with two attached hydrogens (primary N) is 2. The summed E-state index contributed by atoms with van der Waals surface area (Å²) < 4.78 is 5.52. The Morgan fingerprint density at radius 1 is 1.40 bits per heavy atom. The molecular formula is C17H18ClN5O2. The van der Waals surface area contributed by atoms with Gasteiger partial charge in [-0.05, 0) is 17.7 Å². The number of aromatic nitrogens is 2. The Bertz CT molecular complexity index is 827. The number of carbonyl (C=O) groups is 1. The Balaban J connectivity index is 1.94. The van der Waals surface area contributed by atoms with E-state index in [0.717, 1.165) is 5.56 Å². The summed E-state index contributed by atoms with van der Waals surface area (Å²) in [5.41, 5.74) is 13.4. The van der Waals surface area contributed by atoms with Crippen LogP contribution in [0.5, 0.6) is 0 Å². The molecule has 1 amide bonds. The molecule has 4 N–H and O–H groups in total. The molecule has 0 aliphatic carbocycles. The van der Waals surface area contributed by atoms with Crippen LogP contribution >= 0.6 is 11.6 Å². The number of carbonyl (C=O) groups excluding carboxylic acids is 1. The van der Waals surface area contributed by atoms with Gasteiger partial charge in [-0.1, -0.05) is 30.3 Å². The molecule has 3 rings (SSSR count). The van der Waals surface area contributed by atoms with E-state index in [-0.39, 0.29) is 23.6 Å². The monoisotopic (exact) mass is 359 g/mol. The van der Waals surface area contributed by atoms with Crippen LogP contribution in [0.15, 0.2) is 37.1 Å². The summed E-state index contributed by atoms with van der Waals surface area (Å²) in [5.74, 6) is 0.196. The fourth-order valence-electron chi connectivity index (χ4n) is 2.75. The molecule has 1 aromatic heterocycles.